The number of nitrogens with two attached hydrogens (primary N) is 1. The number of rotatable bonds is 2. The van der Waals surface area contributed by atoms with Crippen molar-refractivity contribution in [1.29, 1.82) is 0 Å². The standard InChI is InChI=1S/C14H20F2N2O2S/c1-14(2,3)9-4-5-18(8-9)21(19,20)12-7-10(17)6-11(15)13(12)16/h6-7,9H,4-5,8,17H2,1-3H3. The number of halogens is 2. The van der Waals surface area contributed by atoms with Gasteiger partial charge >= 0.3 is 0 Å². The van der Waals surface area contributed by atoms with E-state index in [0.717, 1.165) is 12.1 Å². The highest BCUT2D eigenvalue weighted by Gasteiger charge is 2.39. The van der Waals surface area contributed by atoms with Crippen LogP contribution in [0, 0.1) is 23.0 Å². The van der Waals surface area contributed by atoms with Crippen LogP contribution in [0.1, 0.15) is 27.2 Å². The normalized spacial score (nSPS) is 20.9. The number of hydrogen-bond donors (Lipinski definition) is 1. The third-order valence-corrected chi connectivity index (χ3v) is 5.88. The molecule has 1 aliphatic rings. The van der Waals surface area contributed by atoms with Crippen LogP contribution in [0.4, 0.5) is 14.5 Å². The second kappa shape index (κ2) is 5.21. The second-order valence-corrected chi connectivity index (χ2v) is 8.44. The summed E-state index contributed by atoms with van der Waals surface area (Å²) in [6.45, 7) is 6.72. The lowest BCUT2D eigenvalue weighted by molar-refractivity contribution is 0.251. The van der Waals surface area contributed by atoms with Crippen LogP contribution in [0.2, 0.25) is 0 Å². The minimum absolute atomic E-state index is 0.0379. The molecule has 1 fully saturated rings. The Morgan fingerprint density at radius 1 is 1.29 bits per heavy atom. The number of sulfonamides is 1. The fourth-order valence-corrected chi connectivity index (χ4v) is 4.17. The zero-order valence-corrected chi connectivity index (χ0v) is 13.2. The van der Waals surface area contributed by atoms with Gasteiger partial charge in [-0.2, -0.15) is 4.31 Å². The van der Waals surface area contributed by atoms with Gasteiger partial charge in [0.2, 0.25) is 10.0 Å². The van der Waals surface area contributed by atoms with Crippen molar-refractivity contribution < 1.29 is 17.2 Å². The average Bonchev–Trinajstić information content (AvgIpc) is 2.83. The lowest BCUT2D eigenvalue weighted by atomic mass is 9.80. The van der Waals surface area contributed by atoms with Gasteiger partial charge in [-0.15, -0.1) is 0 Å². The van der Waals surface area contributed by atoms with Crippen molar-refractivity contribution in [2.75, 3.05) is 18.8 Å². The molecule has 1 aliphatic heterocycles. The van der Waals surface area contributed by atoms with Crippen molar-refractivity contribution in [2.24, 2.45) is 11.3 Å². The SMILES string of the molecule is CC(C)(C)C1CCN(S(=O)(=O)c2cc(N)cc(F)c2F)C1. The van der Waals surface area contributed by atoms with Gasteiger partial charge in [0.1, 0.15) is 4.90 Å². The Labute approximate surface area is 124 Å². The monoisotopic (exact) mass is 318 g/mol. The highest BCUT2D eigenvalue weighted by molar-refractivity contribution is 7.89. The van der Waals surface area contributed by atoms with E-state index < -0.39 is 26.6 Å². The quantitative estimate of drug-likeness (QED) is 0.853. The van der Waals surface area contributed by atoms with Crippen molar-refractivity contribution in [3.63, 3.8) is 0 Å². The van der Waals surface area contributed by atoms with Crippen molar-refractivity contribution in [2.45, 2.75) is 32.1 Å². The molecule has 7 heteroatoms. The fourth-order valence-electron chi connectivity index (χ4n) is 2.56. The lowest BCUT2D eigenvalue weighted by Gasteiger charge is -2.27. The van der Waals surface area contributed by atoms with Crippen LogP contribution < -0.4 is 5.73 Å². The summed E-state index contributed by atoms with van der Waals surface area (Å²) < 4.78 is 53.4. The molecule has 0 saturated carbocycles. The molecule has 118 valence electrons. The molecule has 1 heterocycles. The van der Waals surface area contributed by atoms with Crippen molar-refractivity contribution in [1.82, 2.24) is 4.31 Å². The van der Waals surface area contributed by atoms with Crippen LogP contribution >= 0.6 is 0 Å². The Hall–Kier alpha value is -1.21. The molecular weight excluding hydrogens is 298 g/mol. The summed E-state index contributed by atoms with van der Waals surface area (Å²) in [5.74, 6) is -2.44. The van der Waals surface area contributed by atoms with Crippen LogP contribution in [0.15, 0.2) is 17.0 Å². The zero-order chi connectivity index (χ0) is 16.0. The van der Waals surface area contributed by atoms with Gasteiger partial charge in [0.15, 0.2) is 11.6 Å². The number of hydrogen-bond acceptors (Lipinski definition) is 3. The maximum Gasteiger partial charge on any atom is 0.246 e. The summed E-state index contributed by atoms with van der Waals surface area (Å²) in [4.78, 5) is -0.686. The van der Waals surface area contributed by atoms with E-state index in [1.54, 1.807) is 0 Å². The van der Waals surface area contributed by atoms with E-state index in [2.05, 4.69) is 0 Å². The molecule has 1 saturated heterocycles. The van der Waals surface area contributed by atoms with Crippen molar-refractivity contribution in [3.8, 4) is 0 Å². The van der Waals surface area contributed by atoms with Crippen molar-refractivity contribution in [3.05, 3.63) is 23.8 Å². The molecule has 2 N–H and O–H groups in total. The molecule has 0 spiro atoms. The third kappa shape index (κ3) is 3.03. The molecule has 0 aromatic heterocycles. The summed E-state index contributed by atoms with van der Waals surface area (Å²) in [6.07, 6.45) is 0.704. The molecular formula is C14H20F2N2O2S. The second-order valence-electron chi connectivity index (χ2n) is 6.53. The first-order valence-corrected chi connectivity index (χ1v) is 8.22. The van der Waals surface area contributed by atoms with Gasteiger partial charge in [0.25, 0.3) is 0 Å². The third-order valence-electron chi connectivity index (χ3n) is 4.01. The minimum Gasteiger partial charge on any atom is -0.399 e. The van der Waals surface area contributed by atoms with E-state index in [4.69, 9.17) is 5.73 Å². The topological polar surface area (TPSA) is 63.4 Å². The molecule has 0 bridgehead atoms. The van der Waals surface area contributed by atoms with Gasteiger partial charge in [-0.05, 0) is 29.9 Å². The van der Waals surface area contributed by atoms with Gasteiger partial charge < -0.3 is 5.73 Å². The van der Waals surface area contributed by atoms with Gasteiger partial charge in [0, 0.05) is 18.8 Å². The fraction of sp³-hybridized carbons (Fsp3) is 0.571. The maximum atomic E-state index is 13.8. The molecule has 0 radical (unpaired) electrons. The van der Waals surface area contributed by atoms with Crippen LogP contribution in [0.3, 0.4) is 0 Å². The van der Waals surface area contributed by atoms with E-state index in [9.17, 15) is 17.2 Å². The summed E-state index contributed by atoms with van der Waals surface area (Å²) in [5.41, 5.74) is 5.28. The average molecular weight is 318 g/mol. The van der Waals surface area contributed by atoms with Crippen LogP contribution in [0.5, 0.6) is 0 Å². The van der Waals surface area contributed by atoms with E-state index in [0.29, 0.717) is 19.5 Å². The van der Waals surface area contributed by atoms with Crippen LogP contribution in [-0.2, 0) is 10.0 Å². The molecule has 1 unspecified atom stereocenters. The van der Waals surface area contributed by atoms with Crippen molar-refractivity contribution >= 4 is 15.7 Å². The molecule has 1 aromatic rings. The number of nitrogen functional groups attached to an aromatic ring is 1. The number of benzene rings is 1. The predicted molar refractivity (Wildman–Crippen MR) is 77.1 cm³/mol. The van der Waals surface area contributed by atoms with E-state index >= 15 is 0 Å². The van der Waals surface area contributed by atoms with Gasteiger partial charge in [0.05, 0.1) is 0 Å². The molecule has 1 aromatic carbocycles. The summed E-state index contributed by atoms with van der Waals surface area (Å²) in [6, 6.07) is 1.74. The van der Waals surface area contributed by atoms with E-state index in [-0.39, 0.29) is 17.0 Å². The number of nitrogens with zero attached hydrogens (tertiary/aromatic N) is 1. The highest BCUT2D eigenvalue weighted by Crippen LogP contribution is 2.36. The molecule has 21 heavy (non-hydrogen) atoms. The highest BCUT2D eigenvalue weighted by atomic mass is 32.2. The summed E-state index contributed by atoms with van der Waals surface area (Å²) in [7, 11) is -4.07. The Kier molecular flexibility index (Phi) is 4.01. The summed E-state index contributed by atoms with van der Waals surface area (Å²) in [5, 5.41) is 0. The Bertz CT molecular complexity index is 654. The predicted octanol–water partition coefficient (Wildman–Crippen LogP) is 2.60. The first-order valence-electron chi connectivity index (χ1n) is 6.78. The zero-order valence-electron chi connectivity index (χ0n) is 12.4. The minimum atomic E-state index is -4.07. The molecule has 0 aliphatic carbocycles. The van der Waals surface area contributed by atoms with Gasteiger partial charge in [-0.25, -0.2) is 17.2 Å². The molecule has 1 atom stereocenters. The smallest absolute Gasteiger partial charge is 0.246 e. The molecule has 0 amide bonds. The lowest BCUT2D eigenvalue weighted by Crippen LogP contribution is -2.32. The number of anilines is 1. The largest absolute Gasteiger partial charge is 0.399 e. The Morgan fingerprint density at radius 2 is 1.90 bits per heavy atom. The maximum absolute atomic E-state index is 13.8. The summed E-state index contributed by atoms with van der Waals surface area (Å²) >= 11 is 0. The molecule has 4 nitrogen and oxygen atoms in total. The first kappa shape index (κ1) is 16.2. The van der Waals surface area contributed by atoms with Gasteiger partial charge in [-0.1, -0.05) is 20.8 Å². The Balaban J connectivity index is 2.37. The van der Waals surface area contributed by atoms with Crippen LogP contribution in [-0.4, -0.2) is 25.8 Å². The Morgan fingerprint density at radius 3 is 2.43 bits per heavy atom. The van der Waals surface area contributed by atoms with Gasteiger partial charge in [-0.3, -0.25) is 0 Å². The molecule has 2 rings (SSSR count). The van der Waals surface area contributed by atoms with Crippen LogP contribution in [0.25, 0.3) is 0 Å². The first-order chi connectivity index (χ1) is 9.53. The van der Waals surface area contributed by atoms with E-state index in [1.807, 2.05) is 20.8 Å². The van der Waals surface area contributed by atoms with E-state index in [1.165, 1.54) is 4.31 Å².